The second kappa shape index (κ2) is 6.98. The largest absolute Gasteiger partial charge is 0.326 e. The fourth-order valence-corrected chi connectivity index (χ4v) is 3.64. The van der Waals surface area contributed by atoms with E-state index in [0.717, 1.165) is 30.5 Å². The van der Waals surface area contributed by atoms with Crippen molar-refractivity contribution in [1.29, 1.82) is 0 Å². The summed E-state index contributed by atoms with van der Waals surface area (Å²) in [6.45, 7) is 5.34. The minimum absolute atomic E-state index is 0.0564. The number of nitrogens with one attached hydrogen (secondary N) is 2. The highest BCUT2D eigenvalue weighted by Crippen LogP contribution is 2.26. The summed E-state index contributed by atoms with van der Waals surface area (Å²) in [6.07, 6.45) is 1.83. The number of rotatable bonds is 4. The van der Waals surface area contributed by atoms with Crippen LogP contribution in [0, 0.1) is 19.8 Å². The molecule has 1 saturated heterocycles. The van der Waals surface area contributed by atoms with Gasteiger partial charge < -0.3 is 10.6 Å². The normalized spacial score (nSPS) is 18.9. The lowest BCUT2D eigenvalue weighted by molar-refractivity contribution is -0.120. The molecule has 1 heterocycles. The van der Waals surface area contributed by atoms with E-state index >= 15 is 0 Å². The first-order valence-electron chi connectivity index (χ1n) is 7.79. The van der Waals surface area contributed by atoms with Crippen LogP contribution in [0.1, 0.15) is 24.0 Å². The van der Waals surface area contributed by atoms with Crippen LogP contribution in [0.4, 0.5) is 5.69 Å². The number of amides is 1. The quantitative estimate of drug-likeness (QED) is 0.871. The van der Waals surface area contributed by atoms with E-state index in [1.807, 2.05) is 13.8 Å². The van der Waals surface area contributed by atoms with Gasteiger partial charge in [0.05, 0.1) is 10.8 Å². The fraction of sp³-hybridized carbons (Fsp3) is 0.562. The van der Waals surface area contributed by atoms with Gasteiger partial charge in [-0.3, -0.25) is 4.79 Å². The molecule has 0 bridgehead atoms. The maximum atomic E-state index is 12.4. The summed E-state index contributed by atoms with van der Waals surface area (Å²) in [6, 6.07) is 3.19. The maximum Gasteiger partial charge on any atom is 0.242 e. The molecule has 0 aliphatic carbocycles. The average molecular weight is 339 g/mol. The van der Waals surface area contributed by atoms with Crippen LogP contribution >= 0.6 is 0 Å². The van der Waals surface area contributed by atoms with E-state index in [9.17, 15) is 13.2 Å². The number of carbonyl (C=O) groups is 1. The predicted octanol–water partition coefficient (Wildman–Crippen LogP) is 1.49. The summed E-state index contributed by atoms with van der Waals surface area (Å²) in [7, 11) is -0.537. The Morgan fingerprint density at radius 3 is 2.57 bits per heavy atom. The Balaban J connectivity index is 2.31. The topological polar surface area (TPSA) is 78.5 Å². The first kappa shape index (κ1) is 17.9. The Morgan fingerprint density at radius 2 is 2.00 bits per heavy atom. The Bertz CT molecular complexity index is 693. The molecule has 0 spiro atoms. The molecule has 1 unspecified atom stereocenters. The summed E-state index contributed by atoms with van der Waals surface area (Å²) in [5.74, 6) is -0.128. The number of piperidine rings is 1. The van der Waals surface area contributed by atoms with E-state index in [1.165, 1.54) is 18.4 Å². The Morgan fingerprint density at radius 1 is 1.30 bits per heavy atom. The number of sulfonamides is 1. The van der Waals surface area contributed by atoms with E-state index in [0.29, 0.717) is 12.2 Å². The van der Waals surface area contributed by atoms with Crippen LogP contribution in [0.5, 0.6) is 0 Å². The molecule has 0 saturated carbocycles. The molecule has 6 nitrogen and oxygen atoms in total. The van der Waals surface area contributed by atoms with Gasteiger partial charge in [0.1, 0.15) is 0 Å². The third kappa shape index (κ3) is 3.91. The molecule has 1 fully saturated rings. The number of aryl methyl sites for hydroxylation is 1. The molecule has 1 aromatic carbocycles. The monoisotopic (exact) mass is 339 g/mol. The maximum absolute atomic E-state index is 12.4. The van der Waals surface area contributed by atoms with Crippen molar-refractivity contribution in [1.82, 2.24) is 9.62 Å². The number of hydrogen-bond donors (Lipinski definition) is 2. The fourth-order valence-electron chi connectivity index (χ4n) is 2.63. The highest BCUT2D eigenvalue weighted by Gasteiger charge is 2.23. The minimum Gasteiger partial charge on any atom is -0.326 e. The van der Waals surface area contributed by atoms with E-state index in [2.05, 4.69) is 10.6 Å². The highest BCUT2D eigenvalue weighted by atomic mass is 32.2. The van der Waals surface area contributed by atoms with E-state index in [1.54, 1.807) is 12.1 Å². The van der Waals surface area contributed by atoms with Crippen molar-refractivity contribution in [3.8, 4) is 0 Å². The molecule has 2 rings (SSSR count). The van der Waals surface area contributed by atoms with Crippen molar-refractivity contribution in [3.63, 3.8) is 0 Å². The highest BCUT2D eigenvalue weighted by molar-refractivity contribution is 7.89. The lowest BCUT2D eigenvalue weighted by Gasteiger charge is -2.23. The average Bonchev–Trinajstić information content (AvgIpc) is 2.52. The second-order valence-corrected chi connectivity index (χ2v) is 8.38. The van der Waals surface area contributed by atoms with Gasteiger partial charge in [-0.25, -0.2) is 12.7 Å². The number of carbonyl (C=O) groups excluding carboxylic acids is 1. The molecular weight excluding hydrogens is 314 g/mol. The standard InChI is InChI=1S/C16H25N3O3S/c1-11-8-14(23(21,22)19(3)4)9-15(12(11)2)18-16(20)13-6-5-7-17-10-13/h8-9,13,17H,5-7,10H2,1-4H3,(H,18,20). The summed E-state index contributed by atoms with van der Waals surface area (Å²) in [5, 5.41) is 6.12. The van der Waals surface area contributed by atoms with Crippen LogP contribution < -0.4 is 10.6 Å². The Labute approximate surface area is 138 Å². The zero-order chi connectivity index (χ0) is 17.2. The van der Waals surface area contributed by atoms with Crippen LogP contribution in [0.15, 0.2) is 17.0 Å². The summed E-state index contributed by atoms with van der Waals surface area (Å²) in [5.41, 5.74) is 2.30. The zero-order valence-electron chi connectivity index (χ0n) is 14.1. The molecule has 1 aromatic rings. The van der Waals surface area contributed by atoms with Crippen LogP contribution in [-0.2, 0) is 14.8 Å². The van der Waals surface area contributed by atoms with Crippen LogP contribution in [0.25, 0.3) is 0 Å². The molecule has 1 aliphatic heterocycles. The summed E-state index contributed by atoms with van der Waals surface area (Å²) < 4.78 is 25.9. The van der Waals surface area contributed by atoms with Crippen molar-refractivity contribution in [2.24, 2.45) is 5.92 Å². The van der Waals surface area contributed by atoms with Gasteiger partial charge in [0.15, 0.2) is 0 Å². The molecule has 0 aromatic heterocycles. The summed E-state index contributed by atoms with van der Waals surface area (Å²) in [4.78, 5) is 12.6. The van der Waals surface area contributed by atoms with Crippen molar-refractivity contribution < 1.29 is 13.2 Å². The summed E-state index contributed by atoms with van der Waals surface area (Å²) >= 11 is 0. The second-order valence-electron chi connectivity index (χ2n) is 6.23. The van der Waals surface area contributed by atoms with Gasteiger partial charge in [0.25, 0.3) is 0 Å². The van der Waals surface area contributed by atoms with E-state index in [-0.39, 0.29) is 16.7 Å². The molecule has 128 valence electrons. The number of nitrogens with zero attached hydrogens (tertiary/aromatic N) is 1. The first-order valence-corrected chi connectivity index (χ1v) is 9.23. The van der Waals surface area contributed by atoms with E-state index < -0.39 is 10.0 Å². The number of hydrogen-bond acceptors (Lipinski definition) is 4. The van der Waals surface area contributed by atoms with Gasteiger partial charge >= 0.3 is 0 Å². The van der Waals surface area contributed by atoms with Crippen molar-refractivity contribution in [2.45, 2.75) is 31.6 Å². The first-order chi connectivity index (χ1) is 10.7. The molecule has 0 radical (unpaired) electrons. The minimum atomic E-state index is -3.53. The third-order valence-corrected chi connectivity index (χ3v) is 6.14. The van der Waals surface area contributed by atoms with Gasteiger partial charge in [-0.1, -0.05) is 0 Å². The van der Waals surface area contributed by atoms with Crippen LogP contribution in [0.3, 0.4) is 0 Å². The molecule has 2 N–H and O–H groups in total. The van der Waals surface area contributed by atoms with E-state index in [4.69, 9.17) is 0 Å². The van der Waals surface area contributed by atoms with Gasteiger partial charge in [-0.2, -0.15) is 0 Å². The number of benzene rings is 1. The third-order valence-electron chi connectivity index (χ3n) is 4.34. The van der Waals surface area contributed by atoms with Crippen molar-refractivity contribution in [3.05, 3.63) is 23.3 Å². The smallest absolute Gasteiger partial charge is 0.242 e. The Hall–Kier alpha value is -1.44. The molecule has 23 heavy (non-hydrogen) atoms. The molecule has 1 atom stereocenters. The van der Waals surface area contributed by atoms with Gasteiger partial charge in [0, 0.05) is 26.3 Å². The zero-order valence-corrected chi connectivity index (χ0v) is 15.0. The molecule has 1 aliphatic rings. The van der Waals surface area contributed by atoms with Gasteiger partial charge in [-0.15, -0.1) is 0 Å². The van der Waals surface area contributed by atoms with Crippen LogP contribution in [0.2, 0.25) is 0 Å². The lowest BCUT2D eigenvalue weighted by Crippen LogP contribution is -2.37. The van der Waals surface area contributed by atoms with Crippen molar-refractivity contribution >= 4 is 21.6 Å². The van der Waals surface area contributed by atoms with Crippen molar-refractivity contribution in [2.75, 3.05) is 32.5 Å². The lowest BCUT2D eigenvalue weighted by atomic mass is 9.98. The van der Waals surface area contributed by atoms with Gasteiger partial charge in [0.2, 0.25) is 15.9 Å². The molecule has 7 heteroatoms. The molecule has 1 amide bonds. The molecular formula is C16H25N3O3S. The number of anilines is 1. The predicted molar refractivity (Wildman–Crippen MR) is 91.0 cm³/mol. The van der Waals surface area contributed by atoms with Gasteiger partial charge in [-0.05, 0) is 56.5 Å². The van der Waals surface area contributed by atoms with Crippen LogP contribution in [-0.4, -0.2) is 45.8 Å². The Kier molecular flexibility index (Phi) is 5.44. The SMILES string of the molecule is Cc1cc(S(=O)(=O)N(C)C)cc(NC(=O)C2CCCNC2)c1C.